The van der Waals surface area contributed by atoms with Gasteiger partial charge in [-0.2, -0.15) is 5.10 Å². The lowest BCUT2D eigenvalue weighted by Gasteiger charge is -2.23. The van der Waals surface area contributed by atoms with Crippen molar-refractivity contribution in [1.29, 1.82) is 0 Å². The first-order valence-corrected chi connectivity index (χ1v) is 6.80. The monoisotopic (exact) mass is 261 g/mol. The Hall–Kier alpha value is -1.55. The van der Waals surface area contributed by atoms with Crippen LogP contribution >= 0.6 is 0 Å². The maximum atomic E-state index is 6.30. The summed E-state index contributed by atoms with van der Waals surface area (Å²) in [5, 5.41) is 4.64. The van der Waals surface area contributed by atoms with E-state index in [0.717, 1.165) is 29.3 Å². The molecule has 0 aliphatic rings. The minimum atomic E-state index is -0.0360. The van der Waals surface area contributed by atoms with Crippen molar-refractivity contribution in [2.24, 2.45) is 5.73 Å². The van der Waals surface area contributed by atoms with Crippen LogP contribution in [-0.2, 0) is 0 Å². The molecule has 2 aromatic rings. The highest BCUT2D eigenvalue weighted by Crippen LogP contribution is 2.27. The molecule has 2 rings (SSSR count). The second-order valence-corrected chi connectivity index (χ2v) is 5.21. The number of furan rings is 1. The maximum absolute atomic E-state index is 6.30. The fourth-order valence-electron chi connectivity index (χ4n) is 2.36. The Labute approximate surface area is 114 Å². The van der Waals surface area contributed by atoms with Gasteiger partial charge in [-0.3, -0.25) is 4.68 Å². The molecule has 0 saturated heterocycles. The van der Waals surface area contributed by atoms with Crippen LogP contribution in [0, 0.1) is 27.7 Å². The summed E-state index contributed by atoms with van der Waals surface area (Å²) in [5.41, 5.74) is 9.72. The first-order chi connectivity index (χ1) is 8.95. The third-order valence-electron chi connectivity index (χ3n) is 3.88. The number of hydrogen-bond acceptors (Lipinski definition) is 3. The summed E-state index contributed by atoms with van der Waals surface area (Å²) in [7, 11) is 0. The maximum Gasteiger partial charge on any atom is 0.130 e. The molecule has 0 saturated carbocycles. The Morgan fingerprint density at radius 3 is 2.37 bits per heavy atom. The molecule has 2 unspecified atom stereocenters. The van der Waals surface area contributed by atoms with Crippen LogP contribution in [0.3, 0.4) is 0 Å². The van der Waals surface area contributed by atoms with Crippen molar-refractivity contribution in [3.63, 3.8) is 0 Å². The van der Waals surface area contributed by atoms with E-state index in [2.05, 4.69) is 25.9 Å². The van der Waals surface area contributed by atoms with Crippen LogP contribution < -0.4 is 5.73 Å². The minimum Gasteiger partial charge on any atom is -0.464 e. The standard InChI is InChI=1S/C15H23N3O/c1-6-13(16)15(14-8-7-9(2)19-14)18-12(5)10(3)11(4)17-18/h7-8,13,15H,6,16H2,1-5H3. The van der Waals surface area contributed by atoms with Crippen molar-refractivity contribution in [2.75, 3.05) is 0 Å². The summed E-state index contributed by atoms with van der Waals surface area (Å²) in [4.78, 5) is 0. The lowest BCUT2D eigenvalue weighted by molar-refractivity contribution is 0.340. The van der Waals surface area contributed by atoms with Gasteiger partial charge in [0, 0.05) is 11.7 Å². The highest BCUT2D eigenvalue weighted by atomic mass is 16.3. The van der Waals surface area contributed by atoms with Gasteiger partial charge in [-0.25, -0.2) is 0 Å². The van der Waals surface area contributed by atoms with Crippen molar-refractivity contribution >= 4 is 0 Å². The van der Waals surface area contributed by atoms with Gasteiger partial charge in [0.1, 0.15) is 17.6 Å². The lowest BCUT2D eigenvalue weighted by atomic mass is 10.0. The summed E-state index contributed by atoms with van der Waals surface area (Å²) < 4.78 is 7.80. The average Bonchev–Trinajstić information content (AvgIpc) is 2.90. The molecule has 104 valence electrons. The molecular formula is C15H23N3O. The molecule has 0 amide bonds. The number of nitrogens with zero attached hydrogens (tertiary/aromatic N) is 2. The molecule has 0 fully saturated rings. The van der Waals surface area contributed by atoms with Gasteiger partial charge in [0.2, 0.25) is 0 Å². The Bertz CT molecular complexity index is 568. The van der Waals surface area contributed by atoms with Gasteiger partial charge in [0.05, 0.1) is 5.69 Å². The molecule has 19 heavy (non-hydrogen) atoms. The molecule has 4 heteroatoms. The molecule has 0 spiro atoms. The summed E-state index contributed by atoms with van der Waals surface area (Å²) in [6.45, 7) is 10.2. The number of aromatic nitrogens is 2. The van der Waals surface area contributed by atoms with E-state index in [1.54, 1.807) is 0 Å². The van der Waals surface area contributed by atoms with Crippen molar-refractivity contribution in [3.05, 3.63) is 40.6 Å². The van der Waals surface area contributed by atoms with E-state index in [-0.39, 0.29) is 12.1 Å². The first-order valence-electron chi connectivity index (χ1n) is 6.80. The van der Waals surface area contributed by atoms with E-state index >= 15 is 0 Å². The van der Waals surface area contributed by atoms with Crippen molar-refractivity contribution in [2.45, 2.75) is 53.1 Å². The van der Waals surface area contributed by atoms with E-state index in [0.29, 0.717) is 0 Å². The molecule has 2 aromatic heterocycles. The predicted octanol–water partition coefficient (Wildman–Crippen LogP) is 3.04. The highest BCUT2D eigenvalue weighted by Gasteiger charge is 2.26. The number of rotatable bonds is 4. The van der Waals surface area contributed by atoms with Gasteiger partial charge in [-0.15, -0.1) is 0 Å². The van der Waals surface area contributed by atoms with Crippen LogP contribution in [0.15, 0.2) is 16.5 Å². The fraction of sp³-hybridized carbons (Fsp3) is 0.533. The average molecular weight is 261 g/mol. The molecule has 2 N–H and O–H groups in total. The van der Waals surface area contributed by atoms with Crippen LogP contribution in [0.2, 0.25) is 0 Å². The molecular weight excluding hydrogens is 238 g/mol. The second-order valence-electron chi connectivity index (χ2n) is 5.21. The minimum absolute atomic E-state index is 0.0112. The highest BCUT2D eigenvalue weighted by molar-refractivity contribution is 5.25. The van der Waals surface area contributed by atoms with Crippen LogP contribution in [-0.4, -0.2) is 15.8 Å². The zero-order valence-electron chi connectivity index (χ0n) is 12.4. The Kier molecular flexibility index (Phi) is 3.80. The molecule has 2 heterocycles. The molecule has 0 bridgehead atoms. The normalized spacial score (nSPS) is 14.6. The van der Waals surface area contributed by atoms with E-state index < -0.39 is 0 Å². The smallest absolute Gasteiger partial charge is 0.130 e. The van der Waals surface area contributed by atoms with Crippen molar-refractivity contribution < 1.29 is 4.42 Å². The van der Waals surface area contributed by atoms with E-state index in [1.807, 2.05) is 30.7 Å². The van der Waals surface area contributed by atoms with Gasteiger partial charge in [0.25, 0.3) is 0 Å². The topological polar surface area (TPSA) is 57.0 Å². The van der Waals surface area contributed by atoms with Gasteiger partial charge in [-0.05, 0) is 51.8 Å². The predicted molar refractivity (Wildman–Crippen MR) is 76.3 cm³/mol. The summed E-state index contributed by atoms with van der Waals surface area (Å²) in [6, 6.07) is 3.93. The second kappa shape index (κ2) is 5.21. The lowest BCUT2D eigenvalue weighted by Crippen LogP contribution is -2.33. The third kappa shape index (κ3) is 2.45. The van der Waals surface area contributed by atoms with Crippen molar-refractivity contribution in [1.82, 2.24) is 9.78 Å². The van der Waals surface area contributed by atoms with Crippen LogP contribution in [0.5, 0.6) is 0 Å². The first kappa shape index (κ1) is 13.9. The van der Waals surface area contributed by atoms with Gasteiger partial charge in [0.15, 0.2) is 0 Å². The Balaban J connectivity index is 2.52. The number of hydrogen-bond donors (Lipinski definition) is 1. The number of nitrogens with two attached hydrogens (primary N) is 1. The molecule has 0 aliphatic carbocycles. The summed E-state index contributed by atoms with van der Waals surface area (Å²) >= 11 is 0. The molecule has 0 aromatic carbocycles. The van der Waals surface area contributed by atoms with Crippen LogP contribution in [0.25, 0.3) is 0 Å². The summed E-state index contributed by atoms with van der Waals surface area (Å²) in [5.74, 6) is 1.79. The van der Waals surface area contributed by atoms with Crippen molar-refractivity contribution in [3.8, 4) is 0 Å². The number of aryl methyl sites for hydroxylation is 2. The largest absolute Gasteiger partial charge is 0.464 e. The SMILES string of the molecule is CCC(N)C(c1ccc(C)o1)n1nc(C)c(C)c1C. The molecule has 4 nitrogen and oxygen atoms in total. The molecule has 0 radical (unpaired) electrons. The van der Waals surface area contributed by atoms with E-state index in [9.17, 15) is 0 Å². The third-order valence-corrected chi connectivity index (χ3v) is 3.88. The van der Waals surface area contributed by atoms with E-state index in [4.69, 9.17) is 10.2 Å². The van der Waals surface area contributed by atoms with Crippen LogP contribution in [0.1, 0.15) is 47.9 Å². The molecule has 0 aliphatic heterocycles. The van der Waals surface area contributed by atoms with E-state index in [1.165, 1.54) is 5.56 Å². The molecule has 2 atom stereocenters. The van der Waals surface area contributed by atoms with Gasteiger partial charge < -0.3 is 10.2 Å². The zero-order valence-corrected chi connectivity index (χ0v) is 12.4. The Morgan fingerprint density at radius 2 is 1.95 bits per heavy atom. The van der Waals surface area contributed by atoms with Gasteiger partial charge in [-0.1, -0.05) is 6.92 Å². The fourth-order valence-corrected chi connectivity index (χ4v) is 2.36. The van der Waals surface area contributed by atoms with Gasteiger partial charge >= 0.3 is 0 Å². The Morgan fingerprint density at radius 1 is 1.26 bits per heavy atom. The zero-order chi connectivity index (χ0) is 14.2. The summed E-state index contributed by atoms with van der Waals surface area (Å²) in [6.07, 6.45) is 0.877. The quantitative estimate of drug-likeness (QED) is 0.920. The van der Waals surface area contributed by atoms with Crippen LogP contribution in [0.4, 0.5) is 0 Å².